The van der Waals surface area contributed by atoms with E-state index >= 15 is 0 Å². The highest BCUT2D eigenvalue weighted by atomic mass is 16.2. The number of amides is 2. The molecule has 0 aromatic rings. The molecule has 3 N–H and O–H groups in total. The molecule has 0 atom stereocenters. The van der Waals surface area contributed by atoms with Gasteiger partial charge < -0.3 is 16.0 Å². The van der Waals surface area contributed by atoms with Crippen molar-refractivity contribution in [2.75, 3.05) is 26.2 Å². The third-order valence-corrected chi connectivity index (χ3v) is 3.26. The monoisotopic (exact) mass is 255 g/mol. The van der Waals surface area contributed by atoms with E-state index in [9.17, 15) is 9.59 Å². The van der Waals surface area contributed by atoms with Crippen molar-refractivity contribution in [2.24, 2.45) is 5.92 Å². The molecule has 1 saturated heterocycles. The Morgan fingerprint density at radius 2 is 1.89 bits per heavy atom. The molecule has 1 rings (SSSR count). The second kappa shape index (κ2) is 8.91. The number of hydrogen-bond donors (Lipinski definition) is 3. The minimum absolute atomic E-state index is 0.0137. The molecule has 0 aromatic carbocycles. The zero-order valence-electron chi connectivity index (χ0n) is 11.3. The van der Waals surface area contributed by atoms with E-state index in [-0.39, 0.29) is 18.4 Å². The highest BCUT2D eigenvalue weighted by Gasteiger charge is 2.14. The Kier molecular flexibility index (Phi) is 7.41. The van der Waals surface area contributed by atoms with E-state index in [1.54, 1.807) is 0 Å². The second-order valence-electron chi connectivity index (χ2n) is 4.86. The molecule has 2 amide bonds. The summed E-state index contributed by atoms with van der Waals surface area (Å²) < 4.78 is 0. The lowest BCUT2D eigenvalue weighted by molar-refractivity contribution is -0.126. The SMILES string of the molecule is CCCNC(=O)CNC(=O)CCC1CCNCC1. The number of rotatable bonds is 7. The number of hydrogen-bond acceptors (Lipinski definition) is 3. The molecule has 0 bridgehead atoms. The molecule has 1 fully saturated rings. The predicted molar refractivity (Wildman–Crippen MR) is 71.1 cm³/mol. The molecule has 18 heavy (non-hydrogen) atoms. The van der Waals surface area contributed by atoms with Crippen LogP contribution < -0.4 is 16.0 Å². The van der Waals surface area contributed by atoms with Gasteiger partial charge in [0.05, 0.1) is 6.54 Å². The van der Waals surface area contributed by atoms with E-state index in [0.29, 0.717) is 18.9 Å². The molecular weight excluding hydrogens is 230 g/mol. The third-order valence-electron chi connectivity index (χ3n) is 3.26. The first-order chi connectivity index (χ1) is 8.72. The van der Waals surface area contributed by atoms with Crippen LogP contribution in [0.3, 0.4) is 0 Å². The van der Waals surface area contributed by atoms with Crippen LogP contribution in [-0.4, -0.2) is 38.0 Å². The maximum atomic E-state index is 11.6. The Labute approximate surface area is 109 Å². The standard InChI is InChI=1S/C13H25N3O2/c1-2-7-15-13(18)10-16-12(17)4-3-11-5-8-14-9-6-11/h11,14H,2-10H2,1H3,(H,15,18)(H,16,17). The van der Waals surface area contributed by atoms with Gasteiger partial charge in [-0.25, -0.2) is 0 Å². The van der Waals surface area contributed by atoms with Crippen molar-refractivity contribution in [1.82, 2.24) is 16.0 Å². The molecule has 0 aliphatic carbocycles. The molecule has 0 unspecified atom stereocenters. The zero-order chi connectivity index (χ0) is 13.2. The first kappa shape index (κ1) is 15.0. The van der Waals surface area contributed by atoms with Gasteiger partial charge in [0.1, 0.15) is 0 Å². The van der Waals surface area contributed by atoms with Gasteiger partial charge >= 0.3 is 0 Å². The molecule has 5 nitrogen and oxygen atoms in total. The highest BCUT2D eigenvalue weighted by molar-refractivity contribution is 5.84. The van der Waals surface area contributed by atoms with E-state index in [4.69, 9.17) is 0 Å². The maximum absolute atomic E-state index is 11.6. The molecule has 1 heterocycles. The van der Waals surface area contributed by atoms with Gasteiger partial charge in [-0.15, -0.1) is 0 Å². The fourth-order valence-corrected chi connectivity index (χ4v) is 2.10. The number of carbonyl (C=O) groups excluding carboxylic acids is 2. The fourth-order valence-electron chi connectivity index (χ4n) is 2.10. The molecule has 0 aromatic heterocycles. The molecule has 0 spiro atoms. The minimum Gasteiger partial charge on any atom is -0.355 e. The van der Waals surface area contributed by atoms with Gasteiger partial charge in [0, 0.05) is 13.0 Å². The van der Waals surface area contributed by atoms with Gasteiger partial charge in [-0.1, -0.05) is 6.92 Å². The Bertz CT molecular complexity index is 263. The average Bonchev–Trinajstić information content (AvgIpc) is 2.41. The molecule has 0 saturated carbocycles. The predicted octanol–water partition coefficient (Wildman–Crippen LogP) is 0.409. The summed E-state index contributed by atoms with van der Waals surface area (Å²) in [6, 6.07) is 0. The Morgan fingerprint density at radius 3 is 2.56 bits per heavy atom. The van der Waals surface area contributed by atoms with E-state index < -0.39 is 0 Å². The van der Waals surface area contributed by atoms with Crippen molar-refractivity contribution in [3.05, 3.63) is 0 Å². The summed E-state index contributed by atoms with van der Waals surface area (Å²) in [6.45, 7) is 4.89. The van der Waals surface area contributed by atoms with Crippen LogP contribution in [0.5, 0.6) is 0 Å². The van der Waals surface area contributed by atoms with Crippen molar-refractivity contribution < 1.29 is 9.59 Å². The second-order valence-corrected chi connectivity index (χ2v) is 4.86. The van der Waals surface area contributed by atoms with Crippen LogP contribution in [0.15, 0.2) is 0 Å². The molecule has 1 aliphatic heterocycles. The summed E-state index contributed by atoms with van der Waals surface area (Å²) in [7, 11) is 0. The van der Waals surface area contributed by atoms with Gasteiger partial charge in [0.2, 0.25) is 11.8 Å². The van der Waals surface area contributed by atoms with Gasteiger partial charge in [-0.3, -0.25) is 9.59 Å². The van der Waals surface area contributed by atoms with Crippen molar-refractivity contribution in [3.63, 3.8) is 0 Å². The van der Waals surface area contributed by atoms with Crippen molar-refractivity contribution in [3.8, 4) is 0 Å². The number of carbonyl (C=O) groups is 2. The van der Waals surface area contributed by atoms with Crippen molar-refractivity contribution in [2.45, 2.75) is 39.0 Å². The van der Waals surface area contributed by atoms with E-state index in [1.165, 1.54) is 0 Å². The van der Waals surface area contributed by atoms with Gasteiger partial charge in [-0.2, -0.15) is 0 Å². The summed E-state index contributed by atoms with van der Waals surface area (Å²) in [4.78, 5) is 22.8. The fraction of sp³-hybridized carbons (Fsp3) is 0.846. The maximum Gasteiger partial charge on any atom is 0.239 e. The Morgan fingerprint density at radius 1 is 1.17 bits per heavy atom. The average molecular weight is 255 g/mol. The van der Waals surface area contributed by atoms with E-state index in [0.717, 1.165) is 38.8 Å². The van der Waals surface area contributed by atoms with Crippen LogP contribution in [-0.2, 0) is 9.59 Å². The lowest BCUT2D eigenvalue weighted by Crippen LogP contribution is -2.37. The van der Waals surface area contributed by atoms with Crippen LogP contribution in [0.25, 0.3) is 0 Å². The molecule has 104 valence electrons. The topological polar surface area (TPSA) is 70.2 Å². The molecule has 1 aliphatic rings. The van der Waals surface area contributed by atoms with Crippen molar-refractivity contribution in [1.29, 1.82) is 0 Å². The number of nitrogens with one attached hydrogen (secondary N) is 3. The van der Waals surface area contributed by atoms with E-state index in [1.807, 2.05) is 6.92 Å². The van der Waals surface area contributed by atoms with Crippen LogP contribution in [0.2, 0.25) is 0 Å². The quantitative estimate of drug-likeness (QED) is 0.617. The smallest absolute Gasteiger partial charge is 0.239 e. The first-order valence-electron chi connectivity index (χ1n) is 6.96. The molecule has 5 heteroatoms. The van der Waals surface area contributed by atoms with Gasteiger partial charge in [0.25, 0.3) is 0 Å². The Balaban J connectivity index is 2.04. The van der Waals surface area contributed by atoms with E-state index in [2.05, 4.69) is 16.0 Å². The molecular formula is C13H25N3O2. The first-order valence-corrected chi connectivity index (χ1v) is 6.96. The van der Waals surface area contributed by atoms with Crippen LogP contribution in [0, 0.1) is 5.92 Å². The lowest BCUT2D eigenvalue weighted by atomic mass is 9.93. The number of piperidine rings is 1. The summed E-state index contributed by atoms with van der Waals surface area (Å²) in [5.41, 5.74) is 0. The third kappa shape index (κ3) is 6.59. The Hall–Kier alpha value is -1.10. The van der Waals surface area contributed by atoms with Crippen molar-refractivity contribution >= 4 is 11.8 Å². The molecule has 0 radical (unpaired) electrons. The van der Waals surface area contributed by atoms with Crippen LogP contribution in [0.1, 0.15) is 39.0 Å². The largest absolute Gasteiger partial charge is 0.355 e. The minimum atomic E-state index is -0.105. The zero-order valence-corrected chi connectivity index (χ0v) is 11.3. The highest BCUT2D eigenvalue weighted by Crippen LogP contribution is 2.17. The van der Waals surface area contributed by atoms with Crippen LogP contribution in [0.4, 0.5) is 0 Å². The lowest BCUT2D eigenvalue weighted by Gasteiger charge is -2.22. The summed E-state index contributed by atoms with van der Waals surface area (Å²) in [6.07, 6.45) is 4.69. The van der Waals surface area contributed by atoms with Crippen LogP contribution >= 0.6 is 0 Å². The van der Waals surface area contributed by atoms with Gasteiger partial charge in [0.15, 0.2) is 0 Å². The van der Waals surface area contributed by atoms with Gasteiger partial charge in [-0.05, 0) is 44.7 Å². The summed E-state index contributed by atoms with van der Waals surface area (Å²) in [5.74, 6) is 0.540. The summed E-state index contributed by atoms with van der Waals surface area (Å²) >= 11 is 0. The normalized spacial score (nSPS) is 16.3. The summed E-state index contributed by atoms with van der Waals surface area (Å²) in [5, 5.41) is 8.70.